The van der Waals surface area contributed by atoms with E-state index >= 15 is 0 Å². The molecule has 132 valence electrons. The van der Waals surface area contributed by atoms with Gasteiger partial charge in [0.25, 0.3) is 0 Å². The Morgan fingerprint density at radius 3 is 2.14 bits per heavy atom. The monoisotopic (exact) mass is 310 g/mol. The Morgan fingerprint density at radius 1 is 1.09 bits per heavy atom. The number of unbranched alkanes of at least 4 members (excludes halogenated alkanes) is 1. The van der Waals surface area contributed by atoms with E-state index < -0.39 is 0 Å². The fourth-order valence-corrected chi connectivity index (χ4v) is 3.67. The summed E-state index contributed by atoms with van der Waals surface area (Å²) >= 11 is 0. The van der Waals surface area contributed by atoms with E-state index in [1.165, 1.54) is 25.7 Å². The predicted octanol–water partition coefficient (Wildman–Crippen LogP) is 5.15. The smallest absolute Gasteiger partial charge is 0.0130 e. The van der Waals surface area contributed by atoms with Gasteiger partial charge >= 0.3 is 0 Å². The summed E-state index contributed by atoms with van der Waals surface area (Å²) in [6.45, 7) is 19.6. The third-order valence-corrected chi connectivity index (χ3v) is 4.27. The highest BCUT2D eigenvalue weighted by atomic mass is 15.0. The number of nitrogens with one attached hydrogen (secondary N) is 2. The molecule has 0 saturated carbocycles. The van der Waals surface area contributed by atoms with Crippen LogP contribution in [0, 0.1) is 11.3 Å². The highest BCUT2D eigenvalue weighted by molar-refractivity contribution is 5.14. The van der Waals surface area contributed by atoms with Gasteiger partial charge in [-0.1, -0.05) is 59.6 Å². The molecule has 0 radical (unpaired) electrons. The molecule has 0 saturated heterocycles. The van der Waals surface area contributed by atoms with Gasteiger partial charge in [-0.05, 0) is 51.5 Å². The summed E-state index contributed by atoms with van der Waals surface area (Å²) in [7, 11) is 2.05. The number of allylic oxidation sites excluding steroid dienone is 1. The van der Waals surface area contributed by atoms with E-state index in [2.05, 4.69) is 79.1 Å². The SMILES string of the molecule is CCC/C=C(/CC(C)CC(C)(C)NC(C)C)C(C)(C)CNC. The maximum absolute atomic E-state index is 3.70. The van der Waals surface area contributed by atoms with Gasteiger partial charge in [0.05, 0.1) is 0 Å². The molecule has 0 spiro atoms. The lowest BCUT2D eigenvalue weighted by molar-refractivity contribution is 0.276. The molecule has 2 heteroatoms. The molecule has 22 heavy (non-hydrogen) atoms. The molecule has 0 aliphatic heterocycles. The van der Waals surface area contributed by atoms with Crippen molar-refractivity contribution in [1.29, 1.82) is 0 Å². The zero-order valence-electron chi connectivity index (χ0n) is 16.8. The fourth-order valence-electron chi connectivity index (χ4n) is 3.67. The maximum Gasteiger partial charge on any atom is 0.0130 e. The Morgan fingerprint density at radius 2 is 1.68 bits per heavy atom. The zero-order chi connectivity index (χ0) is 17.4. The van der Waals surface area contributed by atoms with Crippen molar-refractivity contribution in [3.63, 3.8) is 0 Å². The maximum atomic E-state index is 3.70. The molecule has 0 aromatic rings. The number of hydrogen-bond acceptors (Lipinski definition) is 2. The summed E-state index contributed by atoms with van der Waals surface area (Å²) in [5.74, 6) is 0.695. The first kappa shape index (κ1) is 21.7. The van der Waals surface area contributed by atoms with Gasteiger partial charge in [0.15, 0.2) is 0 Å². The minimum absolute atomic E-state index is 0.205. The molecule has 0 aliphatic rings. The normalized spacial score (nSPS) is 15.5. The molecule has 0 aliphatic carbocycles. The minimum atomic E-state index is 0.205. The molecule has 0 fully saturated rings. The van der Waals surface area contributed by atoms with Gasteiger partial charge in [-0.15, -0.1) is 0 Å². The summed E-state index contributed by atoms with van der Waals surface area (Å²) in [5.41, 5.74) is 2.07. The van der Waals surface area contributed by atoms with Crippen molar-refractivity contribution in [2.45, 2.75) is 92.7 Å². The van der Waals surface area contributed by atoms with Crippen LogP contribution in [0.25, 0.3) is 0 Å². The summed E-state index contributed by atoms with van der Waals surface area (Å²) in [6, 6.07) is 0.540. The average Bonchev–Trinajstić information content (AvgIpc) is 2.31. The van der Waals surface area contributed by atoms with Gasteiger partial charge < -0.3 is 10.6 Å². The van der Waals surface area contributed by atoms with E-state index in [0.717, 1.165) is 6.54 Å². The van der Waals surface area contributed by atoms with Gasteiger partial charge in [-0.25, -0.2) is 0 Å². The molecule has 1 unspecified atom stereocenters. The molecular weight excluding hydrogens is 268 g/mol. The van der Waals surface area contributed by atoms with Crippen molar-refractivity contribution < 1.29 is 0 Å². The highest BCUT2D eigenvalue weighted by Crippen LogP contribution is 2.33. The van der Waals surface area contributed by atoms with Crippen LogP contribution in [-0.4, -0.2) is 25.2 Å². The quantitative estimate of drug-likeness (QED) is 0.516. The van der Waals surface area contributed by atoms with Crippen LogP contribution in [-0.2, 0) is 0 Å². The lowest BCUT2D eigenvalue weighted by Crippen LogP contribution is -2.44. The van der Waals surface area contributed by atoms with E-state index in [9.17, 15) is 0 Å². The molecular formula is C20H42N2. The van der Waals surface area contributed by atoms with Gasteiger partial charge in [-0.3, -0.25) is 0 Å². The van der Waals surface area contributed by atoms with Crippen LogP contribution in [0.4, 0.5) is 0 Å². The summed E-state index contributed by atoms with van der Waals surface area (Å²) in [5, 5.41) is 7.06. The predicted molar refractivity (Wildman–Crippen MR) is 101 cm³/mol. The minimum Gasteiger partial charge on any atom is -0.319 e. The van der Waals surface area contributed by atoms with Crippen LogP contribution in [0.2, 0.25) is 0 Å². The molecule has 0 heterocycles. The zero-order valence-corrected chi connectivity index (χ0v) is 16.8. The molecule has 1 atom stereocenters. The first-order chi connectivity index (χ1) is 10.0. The van der Waals surface area contributed by atoms with Gasteiger partial charge in [0.2, 0.25) is 0 Å². The second-order valence-electron chi connectivity index (χ2n) is 8.63. The Labute approximate surface area is 140 Å². The lowest BCUT2D eigenvalue weighted by atomic mass is 9.76. The first-order valence-electron chi connectivity index (χ1n) is 9.16. The van der Waals surface area contributed by atoms with Crippen molar-refractivity contribution in [3.8, 4) is 0 Å². The largest absolute Gasteiger partial charge is 0.319 e. The van der Waals surface area contributed by atoms with Crippen molar-refractivity contribution in [1.82, 2.24) is 10.6 Å². The van der Waals surface area contributed by atoms with Crippen LogP contribution >= 0.6 is 0 Å². The highest BCUT2D eigenvalue weighted by Gasteiger charge is 2.27. The van der Waals surface area contributed by atoms with Crippen molar-refractivity contribution in [2.24, 2.45) is 11.3 Å². The van der Waals surface area contributed by atoms with Crippen LogP contribution in [0.3, 0.4) is 0 Å². The van der Waals surface area contributed by atoms with Crippen molar-refractivity contribution in [2.75, 3.05) is 13.6 Å². The van der Waals surface area contributed by atoms with Gasteiger partial charge in [0.1, 0.15) is 0 Å². The van der Waals surface area contributed by atoms with Crippen LogP contribution in [0.1, 0.15) is 81.1 Å². The average molecular weight is 311 g/mol. The Bertz CT molecular complexity index is 327. The van der Waals surface area contributed by atoms with E-state index in [1.807, 2.05) is 0 Å². The van der Waals surface area contributed by atoms with Gasteiger partial charge in [-0.2, -0.15) is 0 Å². The van der Waals surface area contributed by atoms with E-state index in [0.29, 0.717) is 12.0 Å². The number of hydrogen-bond donors (Lipinski definition) is 2. The second-order valence-corrected chi connectivity index (χ2v) is 8.63. The Kier molecular flexibility index (Phi) is 9.57. The first-order valence-corrected chi connectivity index (χ1v) is 9.16. The third-order valence-electron chi connectivity index (χ3n) is 4.27. The van der Waals surface area contributed by atoms with Crippen LogP contribution in [0.5, 0.6) is 0 Å². The summed E-state index contributed by atoms with van der Waals surface area (Å²) in [6.07, 6.45) is 7.34. The lowest BCUT2D eigenvalue weighted by Gasteiger charge is -2.35. The molecule has 0 amide bonds. The molecule has 0 bridgehead atoms. The standard InChI is InChI=1S/C20H42N2/c1-10-11-12-18(19(5,6)15-21-9)13-17(4)14-20(7,8)22-16(2)3/h12,16-17,21-22H,10-11,13-15H2,1-9H3/b18-12-. The van der Waals surface area contributed by atoms with Crippen molar-refractivity contribution in [3.05, 3.63) is 11.6 Å². The topological polar surface area (TPSA) is 24.1 Å². The van der Waals surface area contributed by atoms with E-state index in [1.54, 1.807) is 5.57 Å². The summed E-state index contributed by atoms with van der Waals surface area (Å²) in [4.78, 5) is 0. The Balaban J connectivity index is 4.86. The van der Waals surface area contributed by atoms with Crippen LogP contribution < -0.4 is 10.6 Å². The molecule has 0 aromatic heterocycles. The van der Waals surface area contributed by atoms with Crippen LogP contribution in [0.15, 0.2) is 11.6 Å². The second kappa shape index (κ2) is 9.72. The Hall–Kier alpha value is -0.340. The molecule has 2 N–H and O–H groups in total. The number of rotatable bonds is 11. The van der Waals surface area contributed by atoms with Crippen molar-refractivity contribution >= 4 is 0 Å². The van der Waals surface area contributed by atoms with Gasteiger partial charge in [0, 0.05) is 18.1 Å². The molecule has 0 rings (SSSR count). The van der Waals surface area contributed by atoms with E-state index in [-0.39, 0.29) is 11.0 Å². The third kappa shape index (κ3) is 8.95. The summed E-state index contributed by atoms with van der Waals surface area (Å²) < 4.78 is 0. The molecule has 0 aromatic carbocycles. The molecule has 2 nitrogen and oxygen atoms in total. The van der Waals surface area contributed by atoms with E-state index in [4.69, 9.17) is 0 Å². The fraction of sp³-hybridized carbons (Fsp3) is 0.900.